The van der Waals surface area contributed by atoms with E-state index in [4.69, 9.17) is 0 Å². The molecule has 0 saturated heterocycles. The van der Waals surface area contributed by atoms with Crippen LogP contribution in [-0.4, -0.2) is 4.90 Å². The molecule has 0 atom stereocenters. The minimum absolute atomic E-state index is 1.08. The van der Waals surface area contributed by atoms with Gasteiger partial charge in [-0.25, -0.2) is 0 Å². The summed E-state index contributed by atoms with van der Waals surface area (Å²) in [5, 5.41) is 3.18. The van der Waals surface area contributed by atoms with E-state index in [0.29, 0.717) is 0 Å². The Balaban J connectivity index is 0.000000336. The lowest BCUT2D eigenvalue weighted by molar-refractivity contribution is 0.644. The van der Waals surface area contributed by atoms with E-state index in [2.05, 4.69) is 23.0 Å². The summed E-state index contributed by atoms with van der Waals surface area (Å²) in [6.45, 7) is 7.89. The zero-order valence-electron chi connectivity index (χ0n) is 7.45. The standard InChI is InChI=1S/C8H7NS.C2H6/c1-7-9-5-3-2-4-8(9)6-10-7;1-2/h2-6H,1H2;1-2H3. The van der Waals surface area contributed by atoms with Crippen molar-refractivity contribution in [3.63, 3.8) is 0 Å². The Morgan fingerprint density at radius 1 is 1.33 bits per heavy atom. The zero-order chi connectivity index (χ0) is 8.97. The van der Waals surface area contributed by atoms with E-state index < -0.39 is 0 Å². The maximum atomic E-state index is 3.89. The van der Waals surface area contributed by atoms with Crippen LogP contribution in [0.2, 0.25) is 0 Å². The van der Waals surface area contributed by atoms with E-state index in [1.165, 1.54) is 5.70 Å². The molecule has 1 nitrogen and oxygen atoms in total. The van der Waals surface area contributed by atoms with Crippen LogP contribution in [0.3, 0.4) is 0 Å². The van der Waals surface area contributed by atoms with Crippen molar-refractivity contribution in [1.82, 2.24) is 4.90 Å². The number of allylic oxidation sites excluding steroid dienone is 3. The molecule has 2 heterocycles. The van der Waals surface area contributed by atoms with Crippen molar-refractivity contribution in [2.45, 2.75) is 13.8 Å². The number of fused-ring (bicyclic) bond motifs is 1. The highest BCUT2D eigenvalue weighted by Crippen LogP contribution is 2.34. The normalized spacial score (nSPS) is 18.3. The van der Waals surface area contributed by atoms with Crippen LogP contribution in [0.1, 0.15) is 13.8 Å². The van der Waals surface area contributed by atoms with Gasteiger partial charge >= 0.3 is 0 Å². The van der Waals surface area contributed by atoms with Crippen LogP contribution in [0.4, 0.5) is 0 Å². The van der Waals surface area contributed by atoms with Gasteiger partial charge in [0.2, 0.25) is 0 Å². The Morgan fingerprint density at radius 3 is 2.75 bits per heavy atom. The van der Waals surface area contributed by atoms with Gasteiger partial charge < -0.3 is 4.90 Å². The lowest BCUT2D eigenvalue weighted by Gasteiger charge is -2.17. The minimum Gasteiger partial charge on any atom is -0.311 e. The molecule has 0 N–H and O–H groups in total. The maximum Gasteiger partial charge on any atom is 0.0763 e. The quantitative estimate of drug-likeness (QED) is 0.560. The van der Waals surface area contributed by atoms with Crippen LogP contribution in [-0.2, 0) is 0 Å². The van der Waals surface area contributed by atoms with E-state index in [1.807, 2.05) is 32.2 Å². The van der Waals surface area contributed by atoms with Gasteiger partial charge in [0.1, 0.15) is 0 Å². The summed E-state index contributed by atoms with van der Waals surface area (Å²) in [6, 6.07) is 0. The third-order valence-electron chi connectivity index (χ3n) is 1.48. The summed E-state index contributed by atoms with van der Waals surface area (Å²) < 4.78 is 0. The second-order valence-electron chi connectivity index (χ2n) is 2.12. The molecule has 0 unspecified atom stereocenters. The van der Waals surface area contributed by atoms with Crippen LogP contribution in [0.15, 0.2) is 47.1 Å². The largest absolute Gasteiger partial charge is 0.311 e. The summed E-state index contributed by atoms with van der Waals surface area (Å²) in [5.74, 6) is 0. The van der Waals surface area contributed by atoms with E-state index in [1.54, 1.807) is 11.8 Å². The lowest BCUT2D eigenvalue weighted by Crippen LogP contribution is -2.08. The average molecular weight is 179 g/mol. The molecular formula is C10H13NS. The van der Waals surface area contributed by atoms with Crippen LogP contribution in [0, 0.1) is 0 Å². The number of thioether (sulfide) groups is 1. The molecule has 0 bridgehead atoms. The van der Waals surface area contributed by atoms with E-state index in [0.717, 1.165) is 5.03 Å². The molecule has 2 aliphatic rings. The van der Waals surface area contributed by atoms with Gasteiger partial charge in [-0.3, -0.25) is 0 Å². The highest BCUT2D eigenvalue weighted by molar-refractivity contribution is 8.06. The van der Waals surface area contributed by atoms with E-state index in [9.17, 15) is 0 Å². The summed E-state index contributed by atoms with van der Waals surface area (Å²) >= 11 is 1.67. The van der Waals surface area contributed by atoms with Gasteiger partial charge in [0, 0.05) is 11.6 Å². The van der Waals surface area contributed by atoms with Crippen LogP contribution in [0.5, 0.6) is 0 Å². The Morgan fingerprint density at radius 2 is 2.08 bits per heavy atom. The molecule has 0 amide bonds. The van der Waals surface area contributed by atoms with Crippen LogP contribution >= 0.6 is 11.8 Å². The van der Waals surface area contributed by atoms with Gasteiger partial charge in [0.25, 0.3) is 0 Å². The van der Waals surface area contributed by atoms with Crippen molar-refractivity contribution in [3.8, 4) is 0 Å². The Bertz CT molecular complexity index is 261. The molecule has 2 heteroatoms. The number of nitrogens with zero attached hydrogens (tertiary/aromatic N) is 1. The van der Waals surface area contributed by atoms with Crippen molar-refractivity contribution in [2.24, 2.45) is 0 Å². The molecule has 0 spiro atoms. The Labute approximate surface area is 78.1 Å². The highest BCUT2D eigenvalue weighted by Gasteiger charge is 2.15. The van der Waals surface area contributed by atoms with Gasteiger partial charge in [0.15, 0.2) is 0 Å². The number of hydrogen-bond acceptors (Lipinski definition) is 2. The highest BCUT2D eigenvalue weighted by atomic mass is 32.2. The molecule has 0 aromatic rings. The van der Waals surface area contributed by atoms with Crippen molar-refractivity contribution in [3.05, 3.63) is 47.1 Å². The molecule has 0 aromatic heterocycles. The van der Waals surface area contributed by atoms with Gasteiger partial charge in [-0.05, 0) is 12.2 Å². The van der Waals surface area contributed by atoms with Gasteiger partial charge in [-0.2, -0.15) is 0 Å². The molecule has 64 valence electrons. The van der Waals surface area contributed by atoms with E-state index in [-0.39, 0.29) is 0 Å². The summed E-state index contributed by atoms with van der Waals surface area (Å²) in [7, 11) is 0. The van der Waals surface area contributed by atoms with Crippen molar-refractivity contribution in [2.75, 3.05) is 0 Å². The SMILES string of the molecule is C=C1SC=C2C=CC=CN12.CC. The first kappa shape index (κ1) is 9.20. The molecule has 0 aromatic carbocycles. The first-order valence-corrected chi connectivity index (χ1v) is 4.96. The Kier molecular flexibility index (Phi) is 3.23. The fraction of sp³-hybridized carbons (Fsp3) is 0.200. The minimum atomic E-state index is 1.08. The first-order chi connectivity index (χ1) is 5.88. The topological polar surface area (TPSA) is 3.24 Å². The molecule has 0 aliphatic carbocycles. The third kappa shape index (κ3) is 1.64. The second kappa shape index (κ2) is 4.21. The average Bonchev–Trinajstić information content (AvgIpc) is 2.53. The third-order valence-corrected chi connectivity index (χ3v) is 2.30. The van der Waals surface area contributed by atoms with Crippen LogP contribution in [0.25, 0.3) is 0 Å². The van der Waals surface area contributed by atoms with Crippen molar-refractivity contribution < 1.29 is 0 Å². The van der Waals surface area contributed by atoms with Gasteiger partial charge in [-0.15, -0.1) is 0 Å². The van der Waals surface area contributed by atoms with Crippen molar-refractivity contribution >= 4 is 11.8 Å². The molecule has 0 radical (unpaired) electrons. The zero-order valence-corrected chi connectivity index (χ0v) is 8.27. The molecule has 0 fully saturated rings. The molecule has 0 saturated carbocycles. The molecule has 12 heavy (non-hydrogen) atoms. The fourth-order valence-corrected chi connectivity index (χ4v) is 1.69. The summed E-state index contributed by atoms with van der Waals surface area (Å²) in [5.41, 5.74) is 1.22. The number of rotatable bonds is 0. The fourth-order valence-electron chi connectivity index (χ4n) is 0.965. The predicted molar refractivity (Wildman–Crippen MR) is 56.3 cm³/mol. The molecule has 2 aliphatic heterocycles. The van der Waals surface area contributed by atoms with E-state index >= 15 is 0 Å². The summed E-state index contributed by atoms with van der Waals surface area (Å²) in [4.78, 5) is 2.07. The predicted octanol–water partition coefficient (Wildman–Crippen LogP) is 3.46. The first-order valence-electron chi connectivity index (χ1n) is 4.08. The van der Waals surface area contributed by atoms with Gasteiger partial charge in [-0.1, -0.05) is 38.3 Å². The molecular weight excluding hydrogens is 166 g/mol. The molecule has 2 rings (SSSR count). The smallest absolute Gasteiger partial charge is 0.0763 e. The van der Waals surface area contributed by atoms with Crippen molar-refractivity contribution in [1.29, 1.82) is 0 Å². The maximum absolute atomic E-state index is 3.89. The Hall–Kier alpha value is -0.890. The van der Waals surface area contributed by atoms with Gasteiger partial charge in [0.05, 0.1) is 10.7 Å². The second-order valence-corrected chi connectivity index (χ2v) is 3.07. The summed E-state index contributed by atoms with van der Waals surface area (Å²) in [6.07, 6.45) is 8.13. The lowest BCUT2D eigenvalue weighted by atomic mass is 10.3. The van der Waals surface area contributed by atoms with Crippen LogP contribution < -0.4 is 0 Å². The monoisotopic (exact) mass is 179 g/mol. The number of hydrogen-bond donors (Lipinski definition) is 0.